The van der Waals surface area contributed by atoms with E-state index >= 15 is 0 Å². The molecule has 3 heterocycles. The van der Waals surface area contributed by atoms with Gasteiger partial charge < -0.3 is 9.47 Å². The fourth-order valence-electron chi connectivity index (χ4n) is 2.60. The molecule has 2 aromatic rings. The van der Waals surface area contributed by atoms with Crippen LogP contribution in [0.4, 0.5) is 0 Å². The van der Waals surface area contributed by atoms with Gasteiger partial charge in [-0.05, 0) is 12.1 Å². The van der Waals surface area contributed by atoms with Crippen LogP contribution in [-0.4, -0.2) is 39.8 Å². The van der Waals surface area contributed by atoms with E-state index in [-0.39, 0.29) is 17.9 Å². The number of Topliss-reactive ketones (excluding diaryl/α,β-unsaturated/α-hetero) is 1. The first kappa shape index (κ1) is 10.2. The second-order valence-corrected chi connectivity index (χ2v) is 4.60. The Morgan fingerprint density at radius 3 is 3.17 bits per heavy atom. The fourth-order valence-corrected chi connectivity index (χ4v) is 2.60. The lowest BCUT2D eigenvalue weighted by Gasteiger charge is -2.26. The Labute approximate surface area is 102 Å². The molecule has 0 unspecified atom stereocenters. The van der Waals surface area contributed by atoms with Gasteiger partial charge in [0.1, 0.15) is 11.6 Å². The van der Waals surface area contributed by atoms with Gasteiger partial charge in [0, 0.05) is 6.42 Å². The van der Waals surface area contributed by atoms with Crippen LogP contribution in [0.1, 0.15) is 12.5 Å². The average molecular weight is 245 g/mol. The lowest BCUT2D eigenvalue weighted by atomic mass is 10.0. The van der Waals surface area contributed by atoms with Crippen molar-refractivity contribution in [2.24, 2.45) is 0 Å². The van der Waals surface area contributed by atoms with Gasteiger partial charge in [-0.25, -0.2) is 4.68 Å². The number of benzene rings is 1. The monoisotopic (exact) mass is 245 g/mol. The third kappa shape index (κ3) is 1.33. The number of ether oxygens (including phenoxy) is 2. The Balaban J connectivity index is 1.80. The Kier molecular flexibility index (Phi) is 2.03. The number of carbonyl (C=O) groups excluding carboxylic acids is 1. The third-order valence-electron chi connectivity index (χ3n) is 3.50. The van der Waals surface area contributed by atoms with Crippen molar-refractivity contribution in [3.8, 4) is 0 Å². The molecule has 3 atom stereocenters. The summed E-state index contributed by atoms with van der Waals surface area (Å²) in [5.41, 5.74) is 1.75. The van der Waals surface area contributed by atoms with E-state index in [9.17, 15) is 4.79 Å². The number of hydrogen-bond donors (Lipinski definition) is 0. The van der Waals surface area contributed by atoms with Gasteiger partial charge in [0.05, 0.1) is 18.2 Å². The van der Waals surface area contributed by atoms with Crippen molar-refractivity contribution in [1.29, 1.82) is 0 Å². The molecule has 1 aromatic heterocycles. The highest BCUT2D eigenvalue weighted by atomic mass is 16.7. The Hall–Kier alpha value is -1.79. The van der Waals surface area contributed by atoms with Crippen molar-refractivity contribution < 1.29 is 14.3 Å². The maximum atomic E-state index is 11.8. The third-order valence-corrected chi connectivity index (χ3v) is 3.50. The normalized spacial score (nSPS) is 31.1. The van der Waals surface area contributed by atoms with Crippen molar-refractivity contribution >= 4 is 16.8 Å². The fraction of sp³-hybridized carbons (Fsp3) is 0.417. The number of aromatic nitrogens is 3. The lowest BCUT2D eigenvalue weighted by molar-refractivity contribution is -0.156. The summed E-state index contributed by atoms with van der Waals surface area (Å²) in [5.74, 6) is -0.0201. The summed E-state index contributed by atoms with van der Waals surface area (Å²) >= 11 is 0. The van der Waals surface area contributed by atoms with Crippen molar-refractivity contribution in [2.45, 2.75) is 24.9 Å². The van der Waals surface area contributed by atoms with Crippen molar-refractivity contribution in [2.75, 3.05) is 6.61 Å². The second kappa shape index (κ2) is 3.60. The minimum absolute atomic E-state index is 0.0201. The van der Waals surface area contributed by atoms with Crippen molar-refractivity contribution in [1.82, 2.24) is 15.0 Å². The molecule has 0 N–H and O–H groups in total. The summed E-state index contributed by atoms with van der Waals surface area (Å²) in [6.45, 7) is 0.440. The summed E-state index contributed by atoms with van der Waals surface area (Å²) in [7, 11) is 0. The predicted molar refractivity (Wildman–Crippen MR) is 60.8 cm³/mol. The Morgan fingerprint density at radius 2 is 2.22 bits per heavy atom. The molecule has 0 aliphatic carbocycles. The van der Waals surface area contributed by atoms with Gasteiger partial charge in [0.2, 0.25) is 6.29 Å². The van der Waals surface area contributed by atoms with Gasteiger partial charge in [-0.15, -0.1) is 5.10 Å². The maximum Gasteiger partial charge on any atom is 0.218 e. The Morgan fingerprint density at radius 1 is 1.33 bits per heavy atom. The molecule has 6 heteroatoms. The molecule has 1 aromatic carbocycles. The lowest BCUT2D eigenvalue weighted by Crippen LogP contribution is -2.37. The van der Waals surface area contributed by atoms with Gasteiger partial charge in [-0.3, -0.25) is 4.79 Å². The van der Waals surface area contributed by atoms with E-state index in [1.165, 1.54) is 0 Å². The average Bonchev–Trinajstić information content (AvgIpc) is 3.00. The van der Waals surface area contributed by atoms with E-state index in [1.807, 2.05) is 24.3 Å². The van der Waals surface area contributed by atoms with Crippen LogP contribution in [0.15, 0.2) is 24.3 Å². The summed E-state index contributed by atoms with van der Waals surface area (Å²) < 4.78 is 12.6. The van der Waals surface area contributed by atoms with Crippen LogP contribution in [0, 0.1) is 0 Å². The first-order valence-corrected chi connectivity index (χ1v) is 5.92. The molecule has 2 aliphatic rings. The Bertz CT molecular complexity index is 624. The van der Waals surface area contributed by atoms with Gasteiger partial charge >= 0.3 is 0 Å². The SMILES string of the molecule is O=C1C[C@H](n2nnc3ccccc32)[C@H]2CO[C@H]1O2. The number of fused-ring (bicyclic) bond motifs is 3. The van der Waals surface area contributed by atoms with Crippen LogP contribution < -0.4 is 0 Å². The number of carbonyl (C=O) groups is 1. The summed E-state index contributed by atoms with van der Waals surface area (Å²) in [6, 6.07) is 7.57. The highest BCUT2D eigenvalue weighted by Crippen LogP contribution is 2.33. The van der Waals surface area contributed by atoms with E-state index in [0.29, 0.717) is 13.0 Å². The molecule has 0 saturated carbocycles. The minimum Gasteiger partial charge on any atom is -0.343 e. The molecule has 2 saturated heterocycles. The molecule has 2 aliphatic heterocycles. The zero-order chi connectivity index (χ0) is 12.1. The number of rotatable bonds is 1. The van der Waals surface area contributed by atoms with E-state index in [2.05, 4.69) is 10.3 Å². The number of nitrogens with zero attached hydrogens (tertiary/aromatic N) is 3. The van der Waals surface area contributed by atoms with Crippen molar-refractivity contribution in [3.63, 3.8) is 0 Å². The molecule has 2 bridgehead atoms. The predicted octanol–water partition coefficient (Wildman–Crippen LogP) is 0.687. The molecule has 0 spiro atoms. The molecule has 6 nitrogen and oxygen atoms in total. The van der Waals surface area contributed by atoms with Crippen LogP contribution in [0.2, 0.25) is 0 Å². The van der Waals surface area contributed by atoms with Gasteiger partial charge in [-0.2, -0.15) is 0 Å². The van der Waals surface area contributed by atoms with E-state index in [0.717, 1.165) is 11.0 Å². The quantitative estimate of drug-likeness (QED) is 0.739. The molecule has 0 radical (unpaired) electrons. The van der Waals surface area contributed by atoms with E-state index in [1.54, 1.807) is 4.68 Å². The zero-order valence-electron chi connectivity index (χ0n) is 9.52. The standard InChI is InChI=1S/C12H11N3O3/c16-10-5-9(11-6-17-12(10)18-11)15-8-4-2-1-3-7(8)13-14-15/h1-4,9,11-12H,5-6H2/t9-,11+,12-/m0/s1. The summed E-state index contributed by atoms with van der Waals surface area (Å²) in [6.07, 6.45) is -0.387. The smallest absolute Gasteiger partial charge is 0.218 e. The highest BCUT2D eigenvalue weighted by molar-refractivity contribution is 5.84. The molecule has 18 heavy (non-hydrogen) atoms. The van der Waals surface area contributed by atoms with E-state index < -0.39 is 6.29 Å². The summed E-state index contributed by atoms with van der Waals surface area (Å²) in [4.78, 5) is 11.8. The first-order chi connectivity index (χ1) is 8.83. The molecule has 92 valence electrons. The minimum atomic E-state index is -0.666. The molecule has 2 fully saturated rings. The number of hydrogen-bond acceptors (Lipinski definition) is 5. The van der Waals surface area contributed by atoms with E-state index in [4.69, 9.17) is 9.47 Å². The van der Waals surface area contributed by atoms with Crippen LogP contribution in [-0.2, 0) is 14.3 Å². The topological polar surface area (TPSA) is 66.2 Å². The second-order valence-electron chi connectivity index (χ2n) is 4.60. The molecular weight excluding hydrogens is 234 g/mol. The van der Waals surface area contributed by atoms with Crippen LogP contribution in [0.3, 0.4) is 0 Å². The molecular formula is C12H11N3O3. The van der Waals surface area contributed by atoms with Gasteiger partial charge in [0.15, 0.2) is 5.78 Å². The molecule has 0 amide bonds. The van der Waals surface area contributed by atoms with Crippen LogP contribution >= 0.6 is 0 Å². The maximum absolute atomic E-state index is 11.8. The largest absolute Gasteiger partial charge is 0.343 e. The zero-order valence-corrected chi connectivity index (χ0v) is 9.52. The van der Waals surface area contributed by atoms with Gasteiger partial charge in [-0.1, -0.05) is 17.3 Å². The highest BCUT2D eigenvalue weighted by Gasteiger charge is 2.44. The number of para-hydroxylation sites is 1. The van der Waals surface area contributed by atoms with Crippen LogP contribution in [0.25, 0.3) is 11.0 Å². The first-order valence-electron chi connectivity index (χ1n) is 5.92. The van der Waals surface area contributed by atoms with Crippen molar-refractivity contribution in [3.05, 3.63) is 24.3 Å². The van der Waals surface area contributed by atoms with Crippen LogP contribution in [0.5, 0.6) is 0 Å². The number of ketones is 1. The molecule has 4 rings (SSSR count). The van der Waals surface area contributed by atoms with Gasteiger partial charge in [0.25, 0.3) is 0 Å². The summed E-state index contributed by atoms with van der Waals surface area (Å²) in [5, 5.41) is 8.26.